The summed E-state index contributed by atoms with van der Waals surface area (Å²) in [6.07, 6.45) is 0.378. The van der Waals surface area contributed by atoms with E-state index in [9.17, 15) is 15.0 Å². The molecule has 3 N–H and O–H groups in total. The van der Waals surface area contributed by atoms with Gasteiger partial charge in [-0.25, -0.2) is 5.43 Å². The van der Waals surface area contributed by atoms with E-state index >= 15 is 0 Å². The predicted molar refractivity (Wildman–Crippen MR) is 107 cm³/mol. The third kappa shape index (κ3) is 4.48. The minimum Gasteiger partial charge on any atom is -0.507 e. The van der Waals surface area contributed by atoms with Crippen molar-refractivity contribution in [1.82, 2.24) is 5.43 Å². The van der Waals surface area contributed by atoms with Crippen molar-refractivity contribution in [2.75, 3.05) is 7.11 Å². The first-order valence-corrected chi connectivity index (χ1v) is 8.64. The molecule has 0 fully saturated rings. The van der Waals surface area contributed by atoms with E-state index in [1.807, 2.05) is 30.3 Å². The third-order valence-electron chi connectivity index (χ3n) is 4.17. The number of nitrogens with one attached hydrogen (secondary N) is 1. The van der Waals surface area contributed by atoms with Crippen LogP contribution < -0.4 is 10.2 Å². The van der Waals surface area contributed by atoms with Gasteiger partial charge in [-0.3, -0.25) is 4.79 Å². The summed E-state index contributed by atoms with van der Waals surface area (Å²) >= 11 is 0. The standard InChI is InChI=1S/C22H20N2O4/c1-28-16-11-12-21(26)18(14-16)19(13-15-7-3-2-4-8-15)23-24-22(27)17-9-5-6-10-20(17)25/h2-12,14,25-26H,13H2,1H3,(H,24,27)/b23-19-. The molecule has 0 spiro atoms. The van der Waals surface area contributed by atoms with Gasteiger partial charge in [-0.15, -0.1) is 0 Å². The number of hydrogen-bond acceptors (Lipinski definition) is 5. The Balaban J connectivity index is 1.95. The molecule has 142 valence electrons. The molecule has 6 heteroatoms. The number of ether oxygens (including phenoxy) is 1. The van der Waals surface area contributed by atoms with Crippen LogP contribution in [0.3, 0.4) is 0 Å². The largest absolute Gasteiger partial charge is 0.507 e. The second kappa shape index (κ2) is 8.73. The molecular formula is C22H20N2O4. The van der Waals surface area contributed by atoms with Gasteiger partial charge < -0.3 is 14.9 Å². The van der Waals surface area contributed by atoms with Gasteiger partial charge in [0, 0.05) is 12.0 Å². The molecule has 0 aliphatic heterocycles. The molecule has 0 radical (unpaired) electrons. The number of methoxy groups -OCH3 is 1. The lowest BCUT2D eigenvalue weighted by atomic mass is 10.0. The zero-order valence-corrected chi connectivity index (χ0v) is 15.3. The second-order valence-electron chi connectivity index (χ2n) is 6.06. The first-order chi connectivity index (χ1) is 13.6. The van der Waals surface area contributed by atoms with Crippen molar-refractivity contribution in [3.8, 4) is 17.2 Å². The number of aromatic hydroxyl groups is 2. The van der Waals surface area contributed by atoms with Crippen molar-refractivity contribution in [2.24, 2.45) is 5.10 Å². The van der Waals surface area contributed by atoms with Gasteiger partial charge in [-0.05, 0) is 35.9 Å². The normalized spacial score (nSPS) is 11.1. The van der Waals surface area contributed by atoms with Crippen molar-refractivity contribution in [3.63, 3.8) is 0 Å². The molecule has 0 unspecified atom stereocenters. The summed E-state index contributed by atoms with van der Waals surface area (Å²) in [5.41, 5.74) is 4.43. The number of phenolic OH excluding ortho intramolecular Hbond substituents is 2. The van der Waals surface area contributed by atoms with Crippen LogP contribution in [-0.4, -0.2) is 28.9 Å². The third-order valence-corrected chi connectivity index (χ3v) is 4.17. The van der Waals surface area contributed by atoms with Crippen LogP contribution >= 0.6 is 0 Å². The number of amides is 1. The zero-order chi connectivity index (χ0) is 19.9. The summed E-state index contributed by atoms with van der Waals surface area (Å²) in [4.78, 5) is 12.4. The molecule has 0 atom stereocenters. The molecule has 0 heterocycles. The highest BCUT2D eigenvalue weighted by Gasteiger charge is 2.14. The number of rotatable bonds is 6. The monoisotopic (exact) mass is 376 g/mol. The first kappa shape index (κ1) is 19.0. The number of phenols is 2. The minimum absolute atomic E-state index is 0.0206. The maximum atomic E-state index is 12.4. The van der Waals surface area contributed by atoms with E-state index in [4.69, 9.17) is 4.74 Å². The van der Waals surface area contributed by atoms with Crippen molar-refractivity contribution >= 4 is 11.6 Å². The van der Waals surface area contributed by atoms with Gasteiger partial charge in [-0.2, -0.15) is 5.10 Å². The van der Waals surface area contributed by atoms with E-state index in [0.717, 1.165) is 5.56 Å². The molecule has 28 heavy (non-hydrogen) atoms. The Labute approximate surface area is 162 Å². The van der Waals surface area contributed by atoms with Crippen molar-refractivity contribution in [2.45, 2.75) is 6.42 Å². The molecular weight excluding hydrogens is 356 g/mol. The fraction of sp³-hybridized carbons (Fsp3) is 0.0909. The molecule has 3 aromatic carbocycles. The number of carbonyl (C=O) groups excluding carboxylic acids is 1. The fourth-order valence-electron chi connectivity index (χ4n) is 2.70. The van der Waals surface area contributed by atoms with Crippen LogP contribution in [0.4, 0.5) is 0 Å². The molecule has 0 bridgehead atoms. The quantitative estimate of drug-likeness (QED) is 0.454. The van der Waals surface area contributed by atoms with E-state index in [2.05, 4.69) is 10.5 Å². The number of para-hydroxylation sites is 1. The lowest BCUT2D eigenvalue weighted by Gasteiger charge is -2.11. The maximum Gasteiger partial charge on any atom is 0.275 e. The average molecular weight is 376 g/mol. The van der Waals surface area contributed by atoms with Crippen molar-refractivity contribution in [1.29, 1.82) is 0 Å². The van der Waals surface area contributed by atoms with Gasteiger partial charge in [0.2, 0.25) is 0 Å². The molecule has 0 aliphatic carbocycles. The first-order valence-electron chi connectivity index (χ1n) is 8.64. The Morgan fingerprint density at radius 1 is 0.929 bits per heavy atom. The molecule has 1 amide bonds. The van der Waals surface area contributed by atoms with Gasteiger partial charge in [0.15, 0.2) is 0 Å². The van der Waals surface area contributed by atoms with Gasteiger partial charge in [0.05, 0.1) is 18.4 Å². The van der Waals surface area contributed by atoms with E-state index in [0.29, 0.717) is 23.4 Å². The summed E-state index contributed by atoms with van der Waals surface area (Å²) in [5.74, 6) is -0.108. The van der Waals surface area contributed by atoms with Crippen LogP contribution in [-0.2, 0) is 6.42 Å². The highest BCUT2D eigenvalue weighted by Crippen LogP contribution is 2.25. The van der Waals surface area contributed by atoms with Crippen LogP contribution in [0.5, 0.6) is 17.2 Å². The molecule has 0 aromatic heterocycles. The summed E-state index contributed by atoms with van der Waals surface area (Å²) < 4.78 is 5.23. The highest BCUT2D eigenvalue weighted by atomic mass is 16.5. The molecule has 0 saturated carbocycles. The van der Waals surface area contributed by atoms with Gasteiger partial charge in [0.1, 0.15) is 17.2 Å². The Morgan fingerprint density at radius 3 is 2.32 bits per heavy atom. The van der Waals surface area contributed by atoms with Crippen LogP contribution in [0.25, 0.3) is 0 Å². The van der Waals surface area contributed by atoms with Gasteiger partial charge >= 0.3 is 0 Å². The summed E-state index contributed by atoms with van der Waals surface area (Å²) in [6, 6.07) is 20.6. The molecule has 0 saturated heterocycles. The lowest BCUT2D eigenvalue weighted by molar-refractivity contribution is 0.0952. The Morgan fingerprint density at radius 2 is 1.61 bits per heavy atom. The Kier molecular flexibility index (Phi) is 5.91. The number of hydrogen-bond donors (Lipinski definition) is 3. The minimum atomic E-state index is -0.550. The molecule has 3 aromatic rings. The van der Waals surface area contributed by atoms with E-state index in [1.165, 1.54) is 25.3 Å². The summed E-state index contributed by atoms with van der Waals surface area (Å²) in [7, 11) is 1.53. The van der Waals surface area contributed by atoms with Crippen LogP contribution in [0.2, 0.25) is 0 Å². The number of hydrazone groups is 1. The van der Waals surface area contributed by atoms with E-state index in [1.54, 1.807) is 24.3 Å². The van der Waals surface area contributed by atoms with Crippen LogP contribution in [0.1, 0.15) is 21.5 Å². The number of carbonyl (C=O) groups is 1. The average Bonchev–Trinajstić information content (AvgIpc) is 2.72. The highest BCUT2D eigenvalue weighted by molar-refractivity contribution is 6.05. The fourth-order valence-corrected chi connectivity index (χ4v) is 2.70. The molecule has 0 aliphatic rings. The SMILES string of the molecule is COc1ccc(O)c(/C(Cc2ccccc2)=N\NC(=O)c2ccccc2O)c1. The number of benzene rings is 3. The van der Waals surface area contributed by atoms with Gasteiger partial charge in [0.25, 0.3) is 5.91 Å². The van der Waals surface area contributed by atoms with Crippen LogP contribution in [0.15, 0.2) is 77.9 Å². The Hall–Kier alpha value is -3.80. The van der Waals surface area contributed by atoms with E-state index < -0.39 is 5.91 Å². The zero-order valence-electron chi connectivity index (χ0n) is 15.3. The molecule has 6 nitrogen and oxygen atoms in total. The summed E-state index contributed by atoms with van der Waals surface area (Å²) in [5, 5.41) is 24.4. The second-order valence-corrected chi connectivity index (χ2v) is 6.06. The summed E-state index contributed by atoms with van der Waals surface area (Å²) in [6.45, 7) is 0. The molecule has 3 rings (SSSR count). The van der Waals surface area contributed by atoms with Crippen molar-refractivity contribution < 1.29 is 19.7 Å². The van der Waals surface area contributed by atoms with Crippen LogP contribution in [0, 0.1) is 0 Å². The lowest BCUT2D eigenvalue weighted by Crippen LogP contribution is -2.21. The van der Waals surface area contributed by atoms with E-state index in [-0.39, 0.29) is 17.1 Å². The Bertz CT molecular complexity index is 1000. The predicted octanol–water partition coefficient (Wildman–Crippen LogP) is 3.48. The topological polar surface area (TPSA) is 91.2 Å². The smallest absolute Gasteiger partial charge is 0.275 e. The van der Waals surface area contributed by atoms with Crippen molar-refractivity contribution in [3.05, 3.63) is 89.5 Å². The maximum absolute atomic E-state index is 12.4. The van der Waals surface area contributed by atoms with Gasteiger partial charge in [-0.1, -0.05) is 42.5 Å². The number of nitrogens with zero attached hydrogens (tertiary/aromatic N) is 1.